The molecular weight excluding hydrogens is 307 g/mol. The molecule has 0 fully saturated rings. The first-order valence-electron chi connectivity index (χ1n) is 5.15. The van der Waals surface area contributed by atoms with Crippen molar-refractivity contribution in [1.82, 2.24) is 0 Å². The van der Waals surface area contributed by atoms with Crippen molar-refractivity contribution < 1.29 is 13.2 Å². The molecule has 0 spiro atoms. The van der Waals surface area contributed by atoms with Gasteiger partial charge < -0.3 is 5.73 Å². The predicted octanol–water partition coefficient (Wildman–Crippen LogP) is 3.91. The summed E-state index contributed by atoms with van der Waals surface area (Å²) in [6, 6.07) is 6.82. The number of hydrogen-bond acceptors (Lipinski definition) is 1. The molecule has 0 heterocycles. The molecule has 1 atom stereocenters. The Labute approximate surface area is 111 Å². The summed E-state index contributed by atoms with van der Waals surface area (Å²) in [5.74, 6) is -2.38. The molecule has 0 saturated carbocycles. The van der Waals surface area contributed by atoms with Gasteiger partial charge in [-0.05, 0) is 23.8 Å². The second-order valence-electron chi connectivity index (χ2n) is 3.79. The second kappa shape index (κ2) is 5.12. The fourth-order valence-electron chi connectivity index (χ4n) is 1.68. The summed E-state index contributed by atoms with van der Waals surface area (Å²) in [6.45, 7) is 0. The lowest BCUT2D eigenvalue weighted by molar-refractivity contribution is 0.494. The molecule has 1 nitrogen and oxygen atoms in total. The third-order valence-electron chi connectivity index (χ3n) is 2.61. The third kappa shape index (κ3) is 2.42. The minimum atomic E-state index is -0.985. The van der Waals surface area contributed by atoms with Crippen molar-refractivity contribution in [3.63, 3.8) is 0 Å². The van der Waals surface area contributed by atoms with Crippen LogP contribution in [-0.2, 0) is 0 Å². The van der Waals surface area contributed by atoms with E-state index in [2.05, 4.69) is 15.9 Å². The molecule has 2 aromatic carbocycles. The maximum Gasteiger partial charge on any atom is 0.163 e. The molecule has 2 rings (SSSR count). The van der Waals surface area contributed by atoms with E-state index in [-0.39, 0.29) is 5.56 Å². The zero-order chi connectivity index (χ0) is 13.3. The minimum absolute atomic E-state index is 0.0299. The molecule has 0 radical (unpaired) electrons. The molecule has 0 aliphatic heterocycles. The van der Waals surface area contributed by atoms with Crippen molar-refractivity contribution in [2.45, 2.75) is 6.04 Å². The first-order chi connectivity index (χ1) is 8.50. The van der Waals surface area contributed by atoms with Gasteiger partial charge in [0.15, 0.2) is 11.6 Å². The molecule has 0 aliphatic carbocycles. The fourth-order valence-corrected chi connectivity index (χ4v) is 2.28. The van der Waals surface area contributed by atoms with Gasteiger partial charge in [-0.25, -0.2) is 13.2 Å². The molecule has 94 valence electrons. The van der Waals surface area contributed by atoms with Crippen LogP contribution in [0.2, 0.25) is 0 Å². The van der Waals surface area contributed by atoms with Crippen LogP contribution in [-0.4, -0.2) is 0 Å². The molecule has 0 amide bonds. The standard InChI is InChI=1S/C13H9BrF3N/c14-10-6-7(15)4-5-8(10)13(18)9-2-1-3-11(16)12(9)17/h1-6,13H,18H2. The van der Waals surface area contributed by atoms with Gasteiger partial charge in [0.25, 0.3) is 0 Å². The van der Waals surface area contributed by atoms with E-state index in [0.717, 1.165) is 6.07 Å². The zero-order valence-corrected chi connectivity index (χ0v) is 10.7. The SMILES string of the molecule is NC(c1ccc(F)cc1Br)c1cccc(F)c1F. The van der Waals surface area contributed by atoms with Gasteiger partial charge in [0.1, 0.15) is 5.82 Å². The molecule has 0 bridgehead atoms. The Balaban J connectivity index is 2.48. The van der Waals surface area contributed by atoms with E-state index in [0.29, 0.717) is 10.0 Å². The van der Waals surface area contributed by atoms with E-state index in [1.807, 2.05) is 0 Å². The van der Waals surface area contributed by atoms with Gasteiger partial charge >= 0.3 is 0 Å². The van der Waals surface area contributed by atoms with Gasteiger partial charge in [0, 0.05) is 10.0 Å². The molecule has 0 aromatic heterocycles. The van der Waals surface area contributed by atoms with Crippen LogP contribution < -0.4 is 5.73 Å². The van der Waals surface area contributed by atoms with Crippen LogP contribution in [0.1, 0.15) is 17.2 Å². The van der Waals surface area contributed by atoms with Crippen LogP contribution in [0.25, 0.3) is 0 Å². The Morgan fingerprint density at radius 1 is 1.00 bits per heavy atom. The number of rotatable bonds is 2. The summed E-state index contributed by atoms with van der Waals surface area (Å²) >= 11 is 3.15. The second-order valence-corrected chi connectivity index (χ2v) is 4.64. The predicted molar refractivity (Wildman–Crippen MR) is 66.5 cm³/mol. The maximum absolute atomic E-state index is 13.6. The molecule has 1 unspecified atom stereocenters. The number of nitrogens with two attached hydrogens (primary N) is 1. The van der Waals surface area contributed by atoms with Crippen LogP contribution in [0.4, 0.5) is 13.2 Å². The van der Waals surface area contributed by atoms with Gasteiger partial charge in [-0.2, -0.15) is 0 Å². The van der Waals surface area contributed by atoms with E-state index in [4.69, 9.17) is 5.73 Å². The quantitative estimate of drug-likeness (QED) is 0.893. The third-order valence-corrected chi connectivity index (χ3v) is 3.30. The largest absolute Gasteiger partial charge is 0.320 e. The van der Waals surface area contributed by atoms with Crippen LogP contribution in [0.5, 0.6) is 0 Å². The normalized spacial score (nSPS) is 12.5. The Morgan fingerprint density at radius 3 is 2.39 bits per heavy atom. The first-order valence-corrected chi connectivity index (χ1v) is 5.94. The Hall–Kier alpha value is -1.33. The molecule has 0 aliphatic rings. The Bertz CT molecular complexity index is 586. The van der Waals surface area contributed by atoms with E-state index >= 15 is 0 Å². The summed E-state index contributed by atoms with van der Waals surface area (Å²) < 4.78 is 40.1. The van der Waals surface area contributed by atoms with Gasteiger partial charge in [-0.15, -0.1) is 0 Å². The van der Waals surface area contributed by atoms with Crippen molar-refractivity contribution in [1.29, 1.82) is 0 Å². The monoisotopic (exact) mass is 315 g/mol. The van der Waals surface area contributed by atoms with Crippen molar-refractivity contribution in [2.24, 2.45) is 5.73 Å². The van der Waals surface area contributed by atoms with Crippen molar-refractivity contribution in [2.75, 3.05) is 0 Å². The summed E-state index contributed by atoms with van der Waals surface area (Å²) in [7, 11) is 0. The molecule has 2 N–H and O–H groups in total. The van der Waals surface area contributed by atoms with E-state index < -0.39 is 23.5 Å². The highest BCUT2D eigenvalue weighted by Crippen LogP contribution is 2.29. The lowest BCUT2D eigenvalue weighted by atomic mass is 9.99. The first kappa shape index (κ1) is 13.1. The van der Waals surface area contributed by atoms with E-state index in [1.165, 1.54) is 30.3 Å². The number of hydrogen-bond donors (Lipinski definition) is 1. The van der Waals surface area contributed by atoms with Crippen LogP contribution >= 0.6 is 15.9 Å². The summed E-state index contributed by atoms with van der Waals surface area (Å²) in [4.78, 5) is 0. The van der Waals surface area contributed by atoms with Gasteiger partial charge in [0.2, 0.25) is 0 Å². The molecule has 18 heavy (non-hydrogen) atoms. The highest BCUT2D eigenvalue weighted by atomic mass is 79.9. The highest BCUT2D eigenvalue weighted by Gasteiger charge is 2.18. The topological polar surface area (TPSA) is 26.0 Å². The summed E-state index contributed by atoms with van der Waals surface area (Å²) in [5.41, 5.74) is 6.39. The van der Waals surface area contributed by atoms with Gasteiger partial charge in [0.05, 0.1) is 6.04 Å². The summed E-state index contributed by atoms with van der Waals surface area (Å²) in [6.07, 6.45) is 0. The number of benzene rings is 2. The molecule has 5 heteroatoms. The van der Waals surface area contributed by atoms with Crippen molar-refractivity contribution in [3.05, 3.63) is 69.4 Å². The van der Waals surface area contributed by atoms with E-state index in [9.17, 15) is 13.2 Å². The molecule has 0 saturated heterocycles. The molecule has 2 aromatic rings. The number of halogens is 4. The Kier molecular flexibility index (Phi) is 3.73. The van der Waals surface area contributed by atoms with Crippen LogP contribution in [0.15, 0.2) is 40.9 Å². The molecular formula is C13H9BrF3N. The van der Waals surface area contributed by atoms with E-state index in [1.54, 1.807) is 0 Å². The zero-order valence-electron chi connectivity index (χ0n) is 9.13. The average Bonchev–Trinajstić information content (AvgIpc) is 2.32. The maximum atomic E-state index is 13.6. The lowest BCUT2D eigenvalue weighted by Gasteiger charge is -2.15. The van der Waals surface area contributed by atoms with Crippen molar-refractivity contribution >= 4 is 15.9 Å². The van der Waals surface area contributed by atoms with Gasteiger partial charge in [-0.3, -0.25) is 0 Å². The van der Waals surface area contributed by atoms with Crippen molar-refractivity contribution in [3.8, 4) is 0 Å². The minimum Gasteiger partial charge on any atom is -0.320 e. The van der Waals surface area contributed by atoms with Crippen LogP contribution in [0, 0.1) is 17.5 Å². The highest BCUT2D eigenvalue weighted by molar-refractivity contribution is 9.10. The smallest absolute Gasteiger partial charge is 0.163 e. The Morgan fingerprint density at radius 2 is 1.72 bits per heavy atom. The lowest BCUT2D eigenvalue weighted by Crippen LogP contribution is -2.15. The average molecular weight is 316 g/mol. The fraction of sp³-hybridized carbons (Fsp3) is 0.0769. The summed E-state index contributed by atoms with van der Waals surface area (Å²) in [5, 5.41) is 0. The van der Waals surface area contributed by atoms with Crippen LogP contribution in [0.3, 0.4) is 0 Å². The van der Waals surface area contributed by atoms with Gasteiger partial charge in [-0.1, -0.05) is 34.1 Å².